The van der Waals surface area contributed by atoms with Gasteiger partial charge in [0, 0.05) is 18.0 Å². The molecule has 3 rings (SSSR count). The minimum Gasteiger partial charge on any atom is -0.492 e. The summed E-state index contributed by atoms with van der Waals surface area (Å²) in [6, 6.07) is 14.1. The molecule has 0 spiro atoms. The SMILES string of the molecule is CC.CCCCC1CN(c2ccccc2)c2cc(SC)c(OCCC(=O)O)cc2S(=O)C1. The fraction of sp³-hybridized carbons (Fsp3) is 0.480. The zero-order chi connectivity index (χ0) is 23.5. The minimum absolute atomic E-state index is 0.0662. The van der Waals surface area contributed by atoms with Gasteiger partial charge in [-0.25, -0.2) is 0 Å². The van der Waals surface area contributed by atoms with Crippen molar-refractivity contribution in [3.8, 4) is 5.75 Å². The molecule has 0 bridgehead atoms. The van der Waals surface area contributed by atoms with Crippen LogP contribution in [-0.2, 0) is 15.6 Å². The summed E-state index contributed by atoms with van der Waals surface area (Å²) in [7, 11) is -1.14. The van der Waals surface area contributed by atoms with Gasteiger partial charge in [-0.3, -0.25) is 9.00 Å². The van der Waals surface area contributed by atoms with E-state index in [0.29, 0.717) is 17.4 Å². The number of hydrogen-bond donors (Lipinski definition) is 1. The van der Waals surface area contributed by atoms with E-state index in [1.54, 1.807) is 11.8 Å². The zero-order valence-corrected chi connectivity index (χ0v) is 21.1. The van der Waals surface area contributed by atoms with Crippen LogP contribution in [0.25, 0.3) is 0 Å². The Bertz CT molecular complexity index is 889. The monoisotopic (exact) mass is 477 g/mol. The number of carboxylic acids is 1. The average molecular weight is 478 g/mol. The van der Waals surface area contributed by atoms with Crippen LogP contribution in [0.3, 0.4) is 0 Å². The third-order valence-electron chi connectivity index (χ3n) is 5.22. The first kappa shape index (κ1) is 26.3. The van der Waals surface area contributed by atoms with Crippen LogP contribution in [0.15, 0.2) is 52.3 Å². The highest BCUT2D eigenvalue weighted by atomic mass is 32.2. The van der Waals surface area contributed by atoms with Crippen molar-refractivity contribution in [2.45, 2.75) is 56.2 Å². The van der Waals surface area contributed by atoms with E-state index in [-0.39, 0.29) is 13.0 Å². The third kappa shape index (κ3) is 7.01. The van der Waals surface area contributed by atoms with Gasteiger partial charge in [-0.2, -0.15) is 0 Å². The molecule has 7 heteroatoms. The molecule has 2 aromatic rings. The Morgan fingerprint density at radius 1 is 1.25 bits per heavy atom. The number of hydrogen-bond acceptors (Lipinski definition) is 5. The maximum Gasteiger partial charge on any atom is 0.306 e. The Morgan fingerprint density at radius 3 is 2.59 bits per heavy atom. The van der Waals surface area contributed by atoms with Crippen LogP contribution in [0.5, 0.6) is 5.75 Å². The molecule has 2 unspecified atom stereocenters. The topological polar surface area (TPSA) is 66.8 Å². The molecule has 176 valence electrons. The molecular formula is C25H35NO4S2. The first-order chi connectivity index (χ1) is 15.5. The first-order valence-corrected chi connectivity index (χ1v) is 13.9. The van der Waals surface area contributed by atoms with Crippen molar-refractivity contribution in [3.63, 3.8) is 0 Å². The summed E-state index contributed by atoms with van der Waals surface area (Å²) in [6.07, 6.45) is 5.20. The number of benzene rings is 2. The van der Waals surface area contributed by atoms with Crippen molar-refractivity contribution >= 4 is 39.9 Å². The van der Waals surface area contributed by atoms with Crippen molar-refractivity contribution in [1.29, 1.82) is 0 Å². The van der Waals surface area contributed by atoms with Crippen LogP contribution >= 0.6 is 11.8 Å². The number of thioether (sulfide) groups is 1. The molecule has 5 nitrogen and oxygen atoms in total. The predicted molar refractivity (Wildman–Crippen MR) is 135 cm³/mol. The maximum absolute atomic E-state index is 13.3. The Balaban J connectivity index is 0.00000176. The number of nitrogens with zero attached hydrogens (tertiary/aromatic N) is 1. The summed E-state index contributed by atoms with van der Waals surface area (Å²) in [5.74, 6) is 0.681. The van der Waals surface area contributed by atoms with Gasteiger partial charge in [0.05, 0.1) is 39.3 Å². The van der Waals surface area contributed by atoms with E-state index in [1.165, 1.54) is 0 Å². The summed E-state index contributed by atoms with van der Waals surface area (Å²) in [4.78, 5) is 14.8. The zero-order valence-electron chi connectivity index (χ0n) is 19.5. The Labute approximate surface area is 199 Å². The molecule has 0 radical (unpaired) electrons. The van der Waals surface area contributed by atoms with Gasteiger partial charge >= 0.3 is 5.97 Å². The average Bonchev–Trinajstić information content (AvgIpc) is 2.95. The number of ether oxygens (including phenoxy) is 1. The molecule has 1 N–H and O–H groups in total. The summed E-state index contributed by atoms with van der Waals surface area (Å²) >= 11 is 1.55. The van der Waals surface area contributed by atoms with Crippen molar-refractivity contribution < 1.29 is 18.8 Å². The molecule has 0 saturated heterocycles. The lowest BCUT2D eigenvalue weighted by Crippen LogP contribution is -2.25. The molecule has 1 heterocycles. The largest absolute Gasteiger partial charge is 0.492 e. The Kier molecular flexibility index (Phi) is 11.1. The number of carboxylic acid groups (broad SMARTS) is 1. The second kappa shape index (κ2) is 13.5. The van der Waals surface area contributed by atoms with Crippen LogP contribution in [0.4, 0.5) is 11.4 Å². The van der Waals surface area contributed by atoms with Gasteiger partial charge in [0.25, 0.3) is 0 Å². The maximum atomic E-state index is 13.3. The lowest BCUT2D eigenvalue weighted by molar-refractivity contribution is -0.137. The number of para-hydroxylation sites is 1. The van der Waals surface area contributed by atoms with Crippen LogP contribution in [-0.4, -0.2) is 40.4 Å². The van der Waals surface area contributed by atoms with Crippen LogP contribution in [0.2, 0.25) is 0 Å². The van der Waals surface area contributed by atoms with Crippen LogP contribution < -0.4 is 9.64 Å². The van der Waals surface area contributed by atoms with Gasteiger partial charge in [0.15, 0.2) is 0 Å². The van der Waals surface area contributed by atoms with E-state index in [9.17, 15) is 9.00 Å². The van der Waals surface area contributed by atoms with Crippen LogP contribution in [0, 0.1) is 5.92 Å². The number of aliphatic carboxylic acids is 1. The number of rotatable bonds is 9. The number of carbonyl (C=O) groups is 1. The second-order valence-corrected chi connectivity index (χ2v) is 9.74. The molecule has 0 amide bonds. The summed E-state index contributed by atoms with van der Waals surface area (Å²) < 4.78 is 19.1. The summed E-state index contributed by atoms with van der Waals surface area (Å²) in [5.41, 5.74) is 2.04. The Hall–Kier alpha value is -1.99. The van der Waals surface area contributed by atoms with Gasteiger partial charge in [0.1, 0.15) is 5.75 Å². The van der Waals surface area contributed by atoms with Gasteiger partial charge in [-0.1, -0.05) is 51.8 Å². The molecule has 0 saturated carbocycles. The molecule has 1 aliphatic heterocycles. The number of anilines is 2. The molecule has 0 aromatic heterocycles. The van der Waals surface area contributed by atoms with E-state index in [2.05, 4.69) is 24.0 Å². The highest BCUT2D eigenvalue weighted by Gasteiger charge is 2.28. The standard InChI is InChI=1S/C23H29NO4S2.C2H6/c1-3-4-8-17-15-24(18-9-6-5-7-10-18)19-13-21(29-2)20(28-12-11-23(25)26)14-22(19)30(27)16-17;1-2/h5-7,9-10,13-14,17H,3-4,8,11-12,15-16H2,1-2H3,(H,25,26);1-2H3. The van der Waals surface area contributed by atoms with Crippen molar-refractivity contribution in [3.05, 3.63) is 42.5 Å². The third-order valence-corrected chi connectivity index (χ3v) is 7.57. The van der Waals surface area contributed by atoms with E-state index in [1.807, 2.05) is 50.4 Å². The lowest BCUT2D eigenvalue weighted by atomic mass is 10.0. The smallest absolute Gasteiger partial charge is 0.306 e. The highest BCUT2D eigenvalue weighted by molar-refractivity contribution is 7.98. The molecule has 2 atom stereocenters. The molecule has 0 aliphatic carbocycles. The number of fused-ring (bicyclic) bond motifs is 1. The summed E-state index contributed by atoms with van der Waals surface area (Å²) in [6.45, 7) is 7.11. The fourth-order valence-electron chi connectivity index (χ4n) is 3.68. The predicted octanol–water partition coefficient (Wildman–Crippen LogP) is 6.35. The van der Waals surface area contributed by atoms with Gasteiger partial charge in [0.2, 0.25) is 0 Å². The van der Waals surface area contributed by atoms with E-state index in [4.69, 9.17) is 9.84 Å². The van der Waals surface area contributed by atoms with E-state index >= 15 is 0 Å². The van der Waals surface area contributed by atoms with E-state index in [0.717, 1.165) is 47.0 Å². The van der Waals surface area contributed by atoms with E-state index < -0.39 is 16.8 Å². The van der Waals surface area contributed by atoms with Gasteiger partial charge in [-0.15, -0.1) is 11.8 Å². The van der Waals surface area contributed by atoms with Crippen molar-refractivity contribution in [2.75, 3.05) is 30.1 Å². The van der Waals surface area contributed by atoms with Crippen LogP contribution in [0.1, 0.15) is 46.5 Å². The highest BCUT2D eigenvalue weighted by Crippen LogP contribution is 2.42. The molecule has 1 aliphatic rings. The van der Waals surface area contributed by atoms with Gasteiger partial charge < -0.3 is 14.7 Å². The van der Waals surface area contributed by atoms with Crippen molar-refractivity contribution in [1.82, 2.24) is 0 Å². The second-order valence-electron chi connectivity index (χ2n) is 7.43. The fourth-order valence-corrected chi connectivity index (χ4v) is 5.75. The number of unbranched alkanes of at least 4 members (excludes halogenated alkanes) is 1. The molecular weight excluding hydrogens is 442 g/mol. The summed E-state index contributed by atoms with van der Waals surface area (Å²) in [5, 5.41) is 8.91. The Morgan fingerprint density at radius 2 is 1.97 bits per heavy atom. The molecule has 32 heavy (non-hydrogen) atoms. The first-order valence-electron chi connectivity index (χ1n) is 11.3. The lowest BCUT2D eigenvalue weighted by Gasteiger charge is -2.28. The minimum atomic E-state index is -1.14. The quantitative estimate of drug-likeness (QED) is 0.424. The molecule has 2 aromatic carbocycles. The normalized spacial score (nSPS) is 17.6. The molecule has 0 fully saturated rings. The van der Waals surface area contributed by atoms with Gasteiger partial charge in [-0.05, 0) is 42.9 Å². The van der Waals surface area contributed by atoms with Crippen molar-refractivity contribution in [2.24, 2.45) is 5.92 Å².